The standard InChI is InChI=1S/C18H25NO4/c1-18(2,17(21)22)11-19-16(20)10-13-6-4-5-12-9-14(23-3)7-8-15(12)13/h7-9,13H,4-6,10-11H2,1-3H3,(H,19,20)(H,21,22). The number of aliphatic carboxylic acids is 1. The molecule has 0 saturated carbocycles. The fourth-order valence-corrected chi connectivity index (χ4v) is 2.92. The van der Waals surface area contributed by atoms with E-state index in [4.69, 9.17) is 9.84 Å². The molecule has 126 valence electrons. The smallest absolute Gasteiger partial charge is 0.310 e. The topological polar surface area (TPSA) is 75.6 Å². The van der Waals surface area contributed by atoms with E-state index in [0.29, 0.717) is 6.42 Å². The number of carbonyl (C=O) groups is 2. The molecule has 2 N–H and O–H groups in total. The Morgan fingerprint density at radius 3 is 2.78 bits per heavy atom. The molecule has 2 rings (SSSR count). The Morgan fingerprint density at radius 2 is 2.13 bits per heavy atom. The lowest BCUT2D eigenvalue weighted by molar-refractivity contribution is -0.146. The fourth-order valence-electron chi connectivity index (χ4n) is 2.92. The Kier molecular flexibility index (Phi) is 5.29. The van der Waals surface area contributed by atoms with Crippen LogP contribution in [0, 0.1) is 5.41 Å². The quantitative estimate of drug-likeness (QED) is 0.845. The Morgan fingerprint density at radius 1 is 1.39 bits per heavy atom. The van der Waals surface area contributed by atoms with Gasteiger partial charge in [-0.2, -0.15) is 0 Å². The van der Waals surface area contributed by atoms with Crippen molar-refractivity contribution in [2.24, 2.45) is 5.41 Å². The summed E-state index contributed by atoms with van der Waals surface area (Å²) in [5, 5.41) is 11.9. The predicted molar refractivity (Wildman–Crippen MR) is 87.7 cm³/mol. The fraction of sp³-hybridized carbons (Fsp3) is 0.556. The van der Waals surface area contributed by atoms with E-state index in [-0.39, 0.29) is 18.4 Å². The van der Waals surface area contributed by atoms with Crippen LogP contribution in [0.5, 0.6) is 5.75 Å². The van der Waals surface area contributed by atoms with Crippen molar-refractivity contribution in [3.63, 3.8) is 0 Å². The highest BCUT2D eigenvalue weighted by molar-refractivity contribution is 5.79. The first-order valence-electron chi connectivity index (χ1n) is 8.00. The molecule has 1 aromatic rings. The first-order valence-corrected chi connectivity index (χ1v) is 8.00. The summed E-state index contributed by atoms with van der Waals surface area (Å²) < 4.78 is 5.26. The van der Waals surface area contributed by atoms with Crippen molar-refractivity contribution in [3.8, 4) is 5.75 Å². The van der Waals surface area contributed by atoms with Gasteiger partial charge in [-0.15, -0.1) is 0 Å². The van der Waals surface area contributed by atoms with Gasteiger partial charge in [-0.1, -0.05) is 6.07 Å². The highest BCUT2D eigenvalue weighted by Gasteiger charge is 2.28. The van der Waals surface area contributed by atoms with E-state index in [9.17, 15) is 9.59 Å². The number of hydrogen-bond acceptors (Lipinski definition) is 3. The Bertz CT molecular complexity index is 595. The molecule has 0 heterocycles. The Hall–Kier alpha value is -2.04. The van der Waals surface area contributed by atoms with Crippen LogP contribution in [0.15, 0.2) is 18.2 Å². The second-order valence-corrected chi connectivity index (χ2v) is 6.82. The number of carboxylic acids is 1. The minimum atomic E-state index is -0.951. The van der Waals surface area contributed by atoms with Crippen LogP contribution in [-0.2, 0) is 16.0 Å². The van der Waals surface area contributed by atoms with Gasteiger partial charge >= 0.3 is 5.97 Å². The molecule has 0 aliphatic heterocycles. The number of methoxy groups -OCH3 is 1. The van der Waals surface area contributed by atoms with Crippen LogP contribution in [0.3, 0.4) is 0 Å². The molecule has 0 spiro atoms. The molecular formula is C18H25NO4. The van der Waals surface area contributed by atoms with Gasteiger partial charge in [0.25, 0.3) is 0 Å². The number of rotatable bonds is 6. The van der Waals surface area contributed by atoms with Crippen LogP contribution < -0.4 is 10.1 Å². The zero-order valence-corrected chi connectivity index (χ0v) is 14.0. The molecule has 1 unspecified atom stereocenters. The van der Waals surface area contributed by atoms with Gasteiger partial charge in [0, 0.05) is 13.0 Å². The maximum absolute atomic E-state index is 12.2. The molecule has 1 aliphatic rings. The van der Waals surface area contributed by atoms with Crippen LogP contribution >= 0.6 is 0 Å². The summed E-state index contributed by atoms with van der Waals surface area (Å²) >= 11 is 0. The molecule has 1 aliphatic carbocycles. The molecule has 1 aromatic carbocycles. The maximum Gasteiger partial charge on any atom is 0.310 e. The average molecular weight is 319 g/mol. The zero-order valence-electron chi connectivity index (χ0n) is 14.0. The van der Waals surface area contributed by atoms with Gasteiger partial charge in [0.05, 0.1) is 12.5 Å². The Labute approximate surface area is 137 Å². The van der Waals surface area contributed by atoms with Gasteiger partial charge in [-0.3, -0.25) is 9.59 Å². The van der Waals surface area contributed by atoms with E-state index in [2.05, 4.69) is 5.32 Å². The maximum atomic E-state index is 12.2. The molecule has 0 radical (unpaired) electrons. The Balaban J connectivity index is 1.99. The summed E-state index contributed by atoms with van der Waals surface area (Å²) in [4.78, 5) is 23.3. The van der Waals surface area contributed by atoms with Crippen LogP contribution in [0.4, 0.5) is 0 Å². The first-order chi connectivity index (χ1) is 10.8. The van der Waals surface area contributed by atoms with Gasteiger partial charge < -0.3 is 15.2 Å². The summed E-state index contributed by atoms with van der Waals surface area (Å²) in [6.45, 7) is 3.36. The molecule has 5 heteroatoms. The SMILES string of the molecule is COc1ccc2c(c1)CCCC2CC(=O)NCC(C)(C)C(=O)O. The molecule has 0 saturated heterocycles. The van der Waals surface area contributed by atoms with Crippen molar-refractivity contribution in [1.82, 2.24) is 5.32 Å². The summed E-state index contributed by atoms with van der Waals surface area (Å²) in [7, 11) is 1.65. The summed E-state index contributed by atoms with van der Waals surface area (Å²) in [5.41, 5.74) is 1.51. The average Bonchev–Trinajstić information content (AvgIpc) is 2.52. The van der Waals surface area contributed by atoms with Crippen molar-refractivity contribution >= 4 is 11.9 Å². The third-order valence-electron chi connectivity index (χ3n) is 4.53. The van der Waals surface area contributed by atoms with E-state index in [1.54, 1.807) is 21.0 Å². The highest BCUT2D eigenvalue weighted by atomic mass is 16.5. The van der Waals surface area contributed by atoms with E-state index in [1.807, 2.05) is 18.2 Å². The van der Waals surface area contributed by atoms with E-state index < -0.39 is 11.4 Å². The van der Waals surface area contributed by atoms with Crippen LogP contribution in [0.25, 0.3) is 0 Å². The zero-order chi connectivity index (χ0) is 17.0. The van der Waals surface area contributed by atoms with Crippen LogP contribution in [0.2, 0.25) is 0 Å². The predicted octanol–water partition coefficient (Wildman–Crippen LogP) is 2.73. The number of fused-ring (bicyclic) bond motifs is 1. The third-order valence-corrected chi connectivity index (χ3v) is 4.53. The molecular weight excluding hydrogens is 294 g/mol. The number of nitrogens with one attached hydrogen (secondary N) is 1. The minimum Gasteiger partial charge on any atom is -0.497 e. The van der Waals surface area contributed by atoms with Crippen molar-refractivity contribution in [1.29, 1.82) is 0 Å². The molecule has 23 heavy (non-hydrogen) atoms. The summed E-state index contributed by atoms with van der Waals surface area (Å²) in [5.74, 6) is 0.0376. The number of carbonyl (C=O) groups excluding carboxylic acids is 1. The van der Waals surface area contributed by atoms with Crippen LogP contribution in [0.1, 0.15) is 50.2 Å². The van der Waals surface area contributed by atoms with Crippen molar-refractivity contribution in [2.45, 2.75) is 45.4 Å². The molecule has 0 bridgehead atoms. The van der Waals surface area contributed by atoms with E-state index in [0.717, 1.165) is 25.0 Å². The number of carboxylic acid groups (broad SMARTS) is 1. The molecule has 5 nitrogen and oxygen atoms in total. The normalized spacial score (nSPS) is 17.3. The second kappa shape index (κ2) is 7.02. The van der Waals surface area contributed by atoms with Crippen molar-refractivity contribution in [2.75, 3.05) is 13.7 Å². The molecule has 1 amide bonds. The second-order valence-electron chi connectivity index (χ2n) is 6.82. The van der Waals surface area contributed by atoms with E-state index in [1.165, 1.54) is 11.1 Å². The monoisotopic (exact) mass is 319 g/mol. The van der Waals surface area contributed by atoms with E-state index >= 15 is 0 Å². The summed E-state index contributed by atoms with van der Waals surface area (Å²) in [6.07, 6.45) is 3.44. The number of ether oxygens (including phenoxy) is 1. The number of hydrogen-bond donors (Lipinski definition) is 2. The highest BCUT2D eigenvalue weighted by Crippen LogP contribution is 2.35. The number of amides is 1. The largest absolute Gasteiger partial charge is 0.497 e. The van der Waals surface area contributed by atoms with Crippen LogP contribution in [-0.4, -0.2) is 30.6 Å². The lowest BCUT2D eigenvalue weighted by atomic mass is 9.81. The number of benzene rings is 1. The van der Waals surface area contributed by atoms with Crippen molar-refractivity contribution in [3.05, 3.63) is 29.3 Å². The first kappa shape index (κ1) is 17.3. The number of aryl methyl sites for hydroxylation is 1. The lowest BCUT2D eigenvalue weighted by Crippen LogP contribution is -2.39. The molecule has 0 aromatic heterocycles. The van der Waals surface area contributed by atoms with Gasteiger partial charge in [-0.25, -0.2) is 0 Å². The van der Waals surface area contributed by atoms with Gasteiger partial charge in [0.1, 0.15) is 5.75 Å². The molecule has 0 fully saturated rings. The van der Waals surface area contributed by atoms with Gasteiger partial charge in [0.15, 0.2) is 0 Å². The van der Waals surface area contributed by atoms with Gasteiger partial charge in [-0.05, 0) is 62.3 Å². The third kappa shape index (κ3) is 4.24. The van der Waals surface area contributed by atoms with Gasteiger partial charge in [0.2, 0.25) is 5.91 Å². The summed E-state index contributed by atoms with van der Waals surface area (Å²) in [6, 6.07) is 6.03. The molecule has 1 atom stereocenters. The minimum absolute atomic E-state index is 0.0898. The lowest BCUT2D eigenvalue weighted by Gasteiger charge is -2.26. The van der Waals surface area contributed by atoms with Crippen molar-refractivity contribution < 1.29 is 19.4 Å².